The summed E-state index contributed by atoms with van der Waals surface area (Å²) in [6.45, 7) is 9.41. The van der Waals surface area contributed by atoms with Crippen molar-refractivity contribution in [2.75, 3.05) is 0 Å². The molecule has 2 rings (SSSR count). The molecule has 0 nitrogen and oxygen atoms in total. The smallest absolute Gasteiger partial charge is 0.0160 e. The molecule has 15 heavy (non-hydrogen) atoms. The number of allylic oxidation sites excluding steroid dienone is 4. The average molecular weight is 204 g/mol. The van der Waals surface area contributed by atoms with E-state index in [4.69, 9.17) is 0 Å². The minimum absolute atomic E-state index is 0.794. The van der Waals surface area contributed by atoms with Crippen LogP contribution in [0.2, 0.25) is 0 Å². The Kier molecular flexibility index (Phi) is 3.04. The van der Waals surface area contributed by atoms with E-state index in [1.54, 1.807) is 11.1 Å². The summed E-state index contributed by atoms with van der Waals surface area (Å²) in [6.07, 6.45) is 8.87. The van der Waals surface area contributed by atoms with E-state index in [-0.39, 0.29) is 0 Å². The Bertz CT molecular complexity index is 293. The fourth-order valence-electron chi connectivity index (χ4n) is 3.29. The standard InChI is InChI=1S/C15H24/c1-10(2)8-12(4)15-11(3)6-5-7-13-9-14(13)15/h5-6,10,12-14H,7-9H2,1-4H3. The zero-order valence-corrected chi connectivity index (χ0v) is 10.6. The first-order chi connectivity index (χ1) is 7.09. The lowest BCUT2D eigenvalue weighted by Gasteiger charge is -2.20. The monoisotopic (exact) mass is 204 g/mol. The van der Waals surface area contributed by atoms with Gasteiger partial charge in [-0.2, -0.15) is 0 Å². The molecule has 0 aliphatic heterocycles. The molecule has 2 aliphatic rings. The van der Waals surface area contributed by atoms with Crippen LogP contribution in [0.1, 0.15) is 47.0 Å². The number of rotatable bonds is 3. The molecule has 0 saturated heterocycles. The Morgan fingerprint density at radius 3 is 2.73 bits per heavy atom. The highest BCUT2D eigenvalue weighted by atomic mass is 14.5. The van der Waals surface area contributed by atoms with E-state index in [2.05, 4.69) is 39.8 Å². The van der Waals surface area contributed by atoms with Gasteiger partial charge in [0, 0.05) is 0 Å². The van der Waals surface area contributed by atoms with Crippen LogP contribution >= 0.6 is 0 Å². The maximum atomic E-state index is 2.42. The van der Waals surface area contributed by atoms with Gasteiger partial charge in [-0.3, -0.25) is 0 Å². The van der Waals surface area contributed by atoms with Crippen LogP contribution in [0, 0.1) is 23.7 Å². The maximum absolute atomic E-state index is 2.42. The molecular formula is C15H24. The van der Waals surface area contributed by atoms with Gasteiger partial charge in [-0.05, 0) is 49.9 Å². The molecule has 1 saturated carbocycles. The highest BCUT2D eigenvalue weighted by Gasteiger charge is 2.41. The first-order valence-corrected chi connectivity index (χ1v) is 6.46. The van der Waals surface area contributed by atoms with Crippen molar-refractivity contribution < 1.29 is 0 Å². The summed E-state index contributed by atoms with van der Waals surface area (Å²) in [6, 6.07) is 0. The Morgan fingerprint density at radius 1 is 1.33 bits per heavy atom. The molecule has 0 heterocycles. The average Bonchev–Trinajstić information content (AvgIpc) is 2.81. The second-order valence-electron chi connectivity index (χ2n) is 5.91. The molecule has 2 aliphatic carbocycles. The van der Waals surface area contributed by atoms with Crippen molar-refractivity contribution in [2.45, 2.75) is 47.0 Å². The van der Waals surface area contributed by atoms with E-state index < -0.39 is 0 Å². The predicted octanol–water partition coefficient (Wildman–Crippen LogP) is 4.58. The molecule has 1 fully saturated rings. The van der Waals surface area contributed by atoms with E-state index in [9.17, 15) is 0 Å². The summed E-state index contributed by atoms with van der Waals surface area (Å²) >= 11 is 0. The highest BCUT2D eigenvalue weighted by Crippen LogP contribution is 2.52. The molecule has 0 aromatic carbocycles. The van der Waals surface area contributed by atoms with Crippen molar-refractivity contribution in [3.63, 3.8) is 0 Å². The highest BCUT2D eigenvalue weighted by molar-refractivity contribution is 5.33. The number of hydrogen-bond donors (Lipinski definition) is 0. The summed E-state index contributed by atoms with van der Waals surface area (Å²) in [7, 11) is 0. The second-order valence-corrected chi connectivity index (χ2v) is 5.91. The predicted molar refractivity (Wildman–Crippen MR) is 66.7 cm³/mol. The van der Waals surface area contributed by atoms with Gasteiger partial charge in [-0.15, -0.1) is 0 Å². The van der Waals surface area contributed by atoms with Crippen molar-refractivity contribution in [3.8, 4) is 0 Å². The van der Waals surface area contributed by atoms with Crippen LogP contribution in [0.5, 0.6) is 0 Å². The van der Waals surface area contributed by atoms with Crippen LogP contribution in [-0.2, 0) is 0 Å². The third kappa shape index (κ3) is 2.35. The van der Waals surface area contributed by atoms with Crippen LogP contribution in [0.3, 0.4) is 0 Å². The van der Waals surface area contributed by atoms with Gasteiger partial charge in [0.05, 0.1) is 0 Å². The van der Waals surface area contributed by atoms with Crippen LogP contribution in [0.15, 0.2) is 23.3 Å². The van der Waals surface area contributed by atoms with E-state index in [1.165, 1.54) is 19.3 Å². The molecular weight excluding hydrogens is 180 g/mol. The summed E-state index contributed by atoms with van der Waals surface area (Å²) < 4.78 is 0. The van der Waals surface area contributed by atoms with Gasteiger partial charge in [-0.1, -0.05) is 44.1 Å². The van der Waals surface area contributed by atoms with E-state index in [0.29, 0.717) is 0 Å². The molecule has 0 radical (unpaired) electrons. The first-order valence-electron chi connectivity index (χ1n) is 6.46. The van der Waals surface area contributed by atoms with Crippen LogP contribution in [0.4, 0.5) is 0 Å². The molecule has 0 amide bonds. The van der Waals surface area contributed by atoms with Crippen LogP contribution in [0.25, 0.3) is 0 Å². The van der Waals surface area contributed by atoms with E-state index in [0.717, 1.165) is 23.7 Å². The summed E-state index contributed by atoms with van der Waals surface area (Å²) in [5.74, 6) is 3.55. The summed E-state index contributed by atoms with van der Waals surface area (Å²) in [4.78, 5) is 0. The van der Waals surface area contributed by atoms with Gasteiger partial charge in [0.1, 0.15) is 0 Å². The van der Waals surface area contributed by atoms with Crippen LogP contribution in [-0.4, -0.2) is 0 Å². The van der Waals surface area contributed by atoms with E-state index >= 15 is 0 Å². The number of fused-ring (bicyclic) bond motifs is 1. The maximum Gasteiger partial charge on any atom is -0.0160 e. The van der Waals surface area contributed by atoms with Crippen molar-refractivity contribution in [1.29, 1.82) is 0 Å². The van der Waals surface area contributed by atoms with Crippen molar-refractivity contribution in [2.24, 2.45) is 23.7 Å². The lowest BCUT2D eigenvalue weighted by atomic mass is 9.86. The molecule has 84 valence electrons. The van der Waals surface area contributed by atoms with Crippen molar-refractivity contribution in [1.82, 2.24) is 0 Å². The zero-order valence-electron chi connectivity index (χ0n) is 10.6. The van der Waals surface area contributed by atoms with Gasteiger partial charge in [-0.25, -0.2) is 0 Å². The fraction of sp³-hybridized carbons (Fsp3) is 0.733. The lowest BCUT2D eigenvalue weighted by molar-refractivity contribution is 0.466. The topological polar surface area (TPSA) is 0 Å². The fourth-order valence-corrected chi connectivity index (χ4v) is 3.29. The third-order valence-electron chi connectivity index (χ3n) is 3.94. The lowest BCUT2D eigenvalue weighted by Crippen LogP contribution is -2.07. The van der Waals surface area contributed by atoms with E-state index in [1.807, 2.05) is 0 Å². The summed E-state index contributed by atoms with van der Waals surface area (Å²) in [5, 5.41) is 0. The Hall–Kier alpha value is -0.520. The largest absolute Gasteiger partial charge is 0.0840 e. The van der Waals surface area contributed by atoms with Gasteiger partial charge in [0.25, 0.3) is 0 Å². The summed E-state index contributed by atoms with van der Waals surface area (Å²) in [5.41, 5.74) is 3.34. The van der Waals surface area contributed by atoms with Crippen LogP contribution < -0.4 is 0 Å². The molecule has 0 aromatic rings. The van der Waals surface area contributed by atoms with Gasteiger partial charge in [0.15, 0.2) is 0 Å². The Labute approximate surface area is 94.5 Å². The molecule has 0 N–H and O–H groups in total. The third-order valence-corrected chi connectivity index (χ3v) is 3.94. The molecule has 3 atom stereocenters. The minimum atomic E-state index is 0.794. The molecule has 0 spiro atoms. The van der Waals surface area contributed by atoms with Crippen molar-refractivity contribution >= 4 is 0 Å². The normalized spacial score (nSPS) is 31.5. The second kappa shape index (κ2) is 4.15. The molecule has 3 unspecified atom stereocenters. The van der Waals surface area contributed by atoms with Gasteiger partial charge >= 0.3 is 0 Å². The molecule has 0 bridgehead atoms. The molecule has 0 aromatic heterocycles. The van der Waals surface area contributed by atoms with Crippen molar-refractivity contribution in [3.05, 3.63) is 23.3 Å². The number of hydrogen-bond acceptors (Lipinski definition) is 0. The zero-order chi connectivity index (χ0) is 11.0. The SMILES string of the molecule is CC1=C(C(C)CC(C)C)C2CC2CC=C1. The molecule has 0 heteroatoms. The van der Waals surface area contributed by atoms with Gasteiger partial charge < -0.3 is 0 Å². The minimum Gasteiger partial charge on any atom is -0.0840 e. The first kappa shape index (κ1) is 11.0. The van der Waals surface area contributed by atoms with Gasteiger partial charge in [0.2, 0.25) is 0 Å². The Morgan fingerprint density at radius 2 is 2.07 bits per heavy atom. The quantitative estimate of drug-likeness (QED) is 0.631. The Balaban J connectivity index is 2.14.